The van der Waals surface area contributed by atoms with E-state index in [9.17, 15) is 14.4 Å². The Hall–Kier alpha value is -2.18. The summed E-state index contributed by atoms with van der Waals surface area (Å²) in [4.78, 5) is 47.5. The lowest BCUT2D eigenvalue weighted by Crippen LogP contribution is -2.40. The predicted octanol–water partition coefficient (Wildman–Crippen LogP) is 1.86. The molecule has 148 valence electrons. The van der Waals surface area contributed by atoms with Gasteiger partial charge in [0.2, 0.25) is 11.8 Å². The van der Waals surface area contributed by atoms with Crippen LogP contribution in [0.15, 0.2) is 10.9 Å². The van der Waals surface area contributed by atoms with Gasteiger partial charge in [0.25, 0.3) is 5.56 Å². The standard InChI is InChI=1S/C20H30N4O3/c1-13(2)20(27)23-9-6-15(7-10-23)19-21-17(11-18(26)22-19)16-5-4-8-24(12-16)14(3)25/h11,13,15-16H,4-10,12H2,1-3H3,(H,21,22,26)/t16-/m0/s1. The first-order chi connectivity index (χ1) is 12.8. The number of amides is 2. The molecule has 1 aromatic heterocycles. The van der Waals surface area contributed by atoms with E-state index >= 15 is 0 Å². The molecule has 2 aliphatic rings. The molecule has 7 nitrogen and oxygen atoms in total. The molecule has 0 unspecified atom stereocenters. The molecular formula is C20H30N4O3. The molecule has 0 spiro atoms. The molecule has 0 radical (unpaired) electrons. The Morgan fingerprint density at radius 1 is 1.11 bits per heavy atom. The molecule has 3 heterocycles. The summed E-state index contributed by atoms with van der Waals surface area (Å²) in [7, 11) is 0. The second-order valence-electron chi connectivity index (χ2n) is 8.11. The third kappa shape index (κ3) is 4.57. The summed E-state index contributed by atoms with van der Waals surface area (Å²) < 4.78 is 0. The van der Waals surface area contributed by atoms with Gasteiger partial charge < -0.3 is 14.8 Å². The zero-order valence-corrected chi connectivity index (χ0v) is 16.5. The van der Waals surface area contributed by atoms with Crippen LogP contribution in [-0.2, 0) is 9.59 Å². The number of hydrogen-bond donors (Lipinski definition) is 1. The summed E-state index contributed by atoms with van der Waals surface area (Å²) >= 11 is 0. The van der Waals surface area contributed by atoms with Gasteiger partial charge in [-0.05, 0) is 25.7 Å². The zero-order chi connectivity index (χ0) is 19.6. The number of aromatic nitrogens is 2. The lowest BCUT2D eigenvalue weighted by Gasteiger charge is -2.33. The van der Waals surface area contributed by atoms with Gasteiger partial charge in [0.05, 0.1) is 5.69 Å². The van der Waals surface area contributed by atoms with E-state index in [-0.39, 0.29) is 35.1 Å². The number of carbonyl (C=O) groups is 2. The first-order valence-corrected chi connectivity index (χ1v) is 10.0. The van der Waals surface area contributed by atoms with Crippen LogP contribution in [0.1, 0.15) is 69.8 Å². The fraction of sp³-hybridized carbons (Fsp3) is 0.700. The van der Waals surface area contributed by atoms with Crippen LogP contribution in [0.25, 0.3) is 0 Å². The van der Waals surface area contributed by atoms with Crippen molar-refractivity contribution in [2.75, 3.05) is 26.2 Å². The summed E-state index contributed by atoms with van der Waals surface area (Å²) in [6.45, 7) is 8.26. The minimum atomic E-state index is -0.129. The lowest BCUT2D eigenvalue weighted by molar-refractivity contribution is -0.135. The Kier molecular flexibility index (Phi) is 5.97. The molecule has 1 N–H and O–H groups in total. The molecule has 2 fully saturated rings. The van der Waals surface area contributed by atoms with Crippen molar-refractivity contribution >= 4 is 11.8 Å². The van der Waals surface area contributed by atoms with Crippen LogP contribution in [0, 0.1) is 5.92 Å². The molecule has 0 bridgehead atoms. The van der Waals surface area contributed by atoms with Crippen LogP contribution < -0.4 is 5.56 Å². The molecule has 0 aromatic carbocycles. The highest BCUT2D eigenvalue weighted by Gasteiger charge is 2.28. The van der Waals surface area contributed by atoms with Gasteiger partial charge >= 0.3 is 0 Å². The van der Waals surface area contributed by atoms with Gasteiger partial charge in [0.1, 0.15) is 5.82 Å². The number of nitrogens with one attached hydrogen (secondary N) is 1. The number of carbonyl (C=O) groups excluding carboxylic acids is 2. The number of piperidine rings is 2. The fourth-order valence-electron chi connectivity index (χ4n) is 4.14. The average Bonchev–Trinajstić information content (AvgIpc) is 2.67. The zero-order valence-electron chi connectivity index (χ0n) is 16.5. The molecule has 1 aromatic rings. The summed E-state index contributed by atoms with van der Waals surface area (Å²) in [5, 5.41) is 0. The number of rotatable bonds is 3. The molecule has 3 rings (SSSR count). The highest BCUT2D eigenvalue weighted by Crippen LogP contribution is 2.29. The van der Waals surface area contributed by atoms with Crippen molar-refractivity contribution in [1.29, 1.82) is 0 Å². The van der Waals surface area contributed by atoms with E-state index in [0.717, 1.165) is 43.7 Å². The molecule has 0 aliphatic carbocycles. The summed E-state index contributed by atoms with van der Waals surface area (Å²) in [5.41, 5.74) is 0.663. The average molecular weight is 374 g/mol. The third-order valence-electron chi connectivity index (χ3n) is 5.75. The molecule has 2 aliphatic heterocycles. The normalized spacial score (nSPS) is 21.6. The Labute approximate surface area is 160 Å². The quantitative estimate of drug-likeness (QED) is 0.875. The van der Waals surface area contributed by atoms with Gasteiger partial charge in [-0.25, -0.2) is 4.98 Å². The van der Waals surface area contributed by atoms with Crippen molar-refractivity contribution in [3.63, 3.8) is 0 Å². The minimum Gasteiger partial charge on any atom is -0.342 e. The van der Waals surface area contributed by atoms with E-state index in [0.29, 0.717) is 19.6 Å². The van der Waals surface area contributed by atoms with Crippen LogP contribution in [0.5, 0.6) is 0 Å². The molecule has 2 saturated heterocycles. The molecule has 27 heavy (non-hydrogen) atoms. The number of nitrogens with zero attached hydrogens (tertiary/aromatic N) is 3. The van der Waals surface area contributed by atoms with Gasteiger partial charge in [-0.15, -0.1) is 0 Å². The predicted molar refractivity (Wildman–Crippen MR) is 102 cm³/mol. The van der Waals surface area contributed by atoms with Crippen molar-refractivity contribution in [3.8, 4) is 0 Å². The third-order valence-corrected chi connectivity index (χ3v) is 5.75. The fourth-order valence-corrected chi connectivity index (χ4v) is 4.14. The number of hydrogen-bond acceptors (Lipinski definition) is 4. The Morgan fingerprint density at radius 2 is 1.81 bits per heavy atom. The molecular weight excluding hydrogens is 344 g/mol. The van der Waals surface area contributed by atoms with Crippen LogP contribution in [0.4, 0.5) is 0 Å². The Balaban J connectivity index is 1.72. The number of aromatic amines is 1. The van der Waals surface area contributed by atoms with Crippen LogP contribution >= 0.6 is 0 Å². The van der Waals surface area contributed by atoms with E-state index in [2.05, 4.69) is 4.98 Å². The van der Waals surface area contributed by atoms with Crippen LogP contribution in [0.2, 0.25) is 0 Å². The van der Waals surface area contributed by atoms with Crippen molar-refractivity contribution in [2.45, 2.75) is 58.3 Å². The summed E-state index contributed by atoms with van der Waals surface area (Å²) in [6, 6.07) is 1.58. The minimum absolute atomic E-state index is 0.0123. The first kappa shape index (κ1) is 19.6. The maximum absolute atomic E-state index is 12.2. The second-order valence-corrected chi connectivity index (χ2v) is 8.11. The van der Waals surface area contributed by atoms with Gasteiger partial charge in [0.15, 0.2) is 0 Å². The number of likely N-dealkylation sites (tertiary alicyclic amines) is 2. The van der Waals surface area contributed by atoms with E-state index < -0.39 is 0 Å². The van der Waals surface area contributed by atoms with Gasteiger partial charge in [-0.3, -0.25) is 14.4 Å². The van der Waals surface area contributed by atoms with Crippen LogP contribution in [-0.4, -0.2) is 57.8 Å². The maximum atomic E-state index is 12.2. The van der Waals surface area contributed by atoms with E-state index in [1.165, 1.54) is 0 Å². The van der Waals surface area contributed by atoms with Crippen molar-refractivity contribution in [1.82, 2.24) is 19.8 Å². The van der Waals surface area contributed by atoms with Crippen molar-refractivity contribution < 1.29 is 9.59 Å². The lowest BCUT2D eigenvalue weighted by atomic mass is 9.92. The highest BCUT2D eigenvalue weighted by atomic mass is 16.2. The molecule has 2 amide bonds. The Morgan fingerprint density at radius 3 is 2.44 bits per heavy atom. The topological polar surface area (TPSA) is 86.4 Å². The van der Waals surface area contributed by atoms with Crippen LogP contribution in [0.3, 0.4) is 0 Å². The molecule has 0 saturated carbocycles. The van der Waals surface area contributed by atoms with E-state index in [1.807, 2.05) is 23.6 Å². The van der Waals surface area contributed by atoms with E-state index in [1.54, 1.807) is 13.0 Å². The molecule has 1 atom stereocenters. The highest BCUT2D eigenvalue weighted by molar-refractivity contribution is 5.78. The van der Waals surface area contributed by atoms with Gasteiger partial charge in [0, 0.05) is 56.9 Å². The largest absolute Gasteiger partial charge is 0.342 e. The maximum Gasteiger partial charge on any atom is 0.251 e. The smallest absolute Gasteiger partial charge is 0.251 e. The van der Waals surface area contributed by atoms with Gasteiger partial charge in [-0.1, -0.05) is 13.8 Å². The second kappa shape index (κ2) is 8.23. The van der Waals surface area contributed by atoms with Gasteiger partial charge in [-0.2, -0.15) is 0 Å². The Bertz CT molecular complexity index is 750. The van der Waals surface area contributed by atoms with Crippen molar-refractivity contribution in [3.05, 3.63) is 27.9 Å². The van der Waals surface area contributed by atoms with Crippen molar-refractivity contribution in [2.24, 2.45) is 5.92 Å². The summed E-state index contributed by atoms with van der Waals surface area (Å²) in [6.07, 6.45) is 3.51. The monoisotopic (exact) mass is 374 g/mol. The van der Waals surface area contributed by atoms with E-state index in [4.69, 9.17) is 4.98 Å². The SMILES string of the molecule is CC(=O)N1CCC[C@H](c2cc(=O)[nH]c(C3CCN(C(=O)C(C)C)CC3)n2)C1. The number of H-pyrrole nitrogens is 1. The molecule has 7 heteroatoms. The summed E-state index contributed by atoms with van der Waals surface area (Å²) in [5.74, 6) is 1.29. The first-order valence-electron chi connectivity index (χ1n) is 10.0.